The molecular weight excluding hydrogens is 212 g/mol. The molecule has 3 N–H and O–H groups in total. The number of rotatable bonds is 6. The van der Waals surface area contributed by atoms with Gasteiger partial charge in [0.15, 0.2) is 0 Å². The Morgan fingerprint density at radius 1 is 1.12 bits per heavy atom. The van der Waals surface area contributed by atoms with Crippen molar-refractivity contribution in [2.45, 2.75) is 46.6 Å². The van der Waals surface area contributed by atoms with Gasteiger partial charge in [0.2, 0.25) is 0 Å². The van der Waals surface area contributed by atoms with E-state index in [9.17, 15) is 0 Å². The average molecular weight is 238 g/mol. The van der Waals surface area contributed by atoms with E-state index < -0.39 is 0 Å². The molecule has 0 amide bonds. The summed E-state index contributed by atoms with van der Waals surface area (Å²) >= 11 is 0. The largest absolute Gasteiger partial charge is 0.315 e. The van der Waals surface area contributed by atoms with Crippen LogP contribution >= 0.6 is 0 Å². The highest BCUT2D eigenvalue weighted by Crippen LogP contribution is 2.08. The first-order valence-electron chi connectivity index (χ1n) is 6.36. The molecule has 0 bridgehead atoms. The minimum Gasteiger partial charge on any atom is -0.315 e. The lowest BCUT2D eigenvalue weighted by Gasteiger charge is -2.20. The third-order valence-electron chi connectivity index (χ3n) is 2.79. The molecule has 0 aliphatic carbocycles. The fraction of sp³-hybridized carbons (Fsp3) is 0.769. The lowest BCUT2D eigenvalue weighted by atomic mass is 10.1. The molecule has 1 heterocycles. The molecule has 0 spiro atoms. The summed E-state index contributed by atoms with van der Waals surface area (Å²) in [5.41, 5.74) is 3.87. The molecule has 0 atom stereocenters. The molecule has 0 aliphatic heterocycles. The molecular formula is C13H26N4. The molecule has 4 nitrogen and oxygen atoms in total. The molecule has 1 rings (SSSR count). The van der Waals surface area contributed by atoms with Gasteiger partial charge in [0.25, 0.3) is 0 Å². The fourth-order valence-electron chi connectivity index (χ4n) is 1.81. The van der Waals surface area contributed by atoms with E-state index in [0.29, 0.717) is 0 Å². The van der Waals surface area contributed by atoms with E-state index in [-0.39, 0.29) is 5.54 Å². The Morgan fingerprint density at radius 2 is 1.82 bits per heavy atom. The van der Waals surface area contributed by atoms with Crippen LogP contribution in [0.4, 0.5) is 0 Å². The first kappa shape index (κ1) is 14.2. The van der Waals surface area contributed by atoms with Crippen LogP contribution in [-0.4, -0.2) is 35.4 Å². The molecule has 0 fully saturated rings. The summed E-state index contributed by atoms with van der Waals surface area (Å²) in [5, 5.41) is 14.1. The molecule has 0 unspecified atom stereocenters. The van der Waals surface area contributed by atoms with Crippen molar-refractivity contribution in [1.82, 2.24) is 20.8 Å². The molecule has 0 saturated heterocycles. The van der Waals surface area contributed by atoms with E-state index in [0.717, 1.165) is 31.7 Å². The van der Waals surface area contributed by atoms with E-state index in [2.05, 4.69) is 55.4 Å². The van der Waals surface area contributed by atoms with Crippen LogP contribution < -0.4 is 10.6 Å². The molecule has 98 valence electrons. The second kappa shape index (κ2) is 6.17. The van der Waals surface area contributed by atoms with Gasteiger partial charge in [-0.3, -0.25) is 5.10 Å². The van der Waals surface area contributed by atoms with Gasteiger partial charge < -0.3 is 10.6 Å². The fourth-order valence-corrected chi connectivity index (χ4v) is 1.81. The van der Waals surface area contributed by atoms with Gasteiger partial charge in [-0.25, -0.2) is 0 Å². The van der Waals surface area contributed by atoms with Crippen LogP contribution in [0.1, 0.15) is 37.7 Å². The van der Waals surface area contributed by atoms with Crippen LogP contribution in [0.3, 0.4) is 0 Å². The normalized spacial score (nSPS) is 12.1. The highest BCUT2D eigenvalue weighted by Gasteiger charge is 2.07. The number of hydrogen-bond acceptors (Lipinski definition) is 3. The number of nitrogens with one attached hydrogen (secondary N) is 3. The van der Waals surface area contributed by atoms with Gasteiger partial charge in [-0.15, -0.1) is 0 Å². The summed E-state index contributed by atoms with van der Waals surface area (Å²) in [6.07, 6.45) is 1.05. The number of aromatic nitrogens is 2. The van der Waals surface area contributed by atoms with Crippen LogP contribution in [0.15, 0.2) is 0 Å². The Kier molecular flexibility index (Phi) is 5.15. The zero-order valence-electron chi connectivity index (χ0n) is 11.8. The number of aryl methyl sites for hydroxylation is 2. The quantitative estimate of drug-likeness (QED) is 0.659. The Balaban J connectivity index is 2.13. The van der Waals surface area contributed by atoms with Crippen LogP contribution in [0.25, 0.3) is 0 Å². The predicted molar refractivity (Wildman–Crippen MR) is 72.4 cm³/mol. The Morgan fingerprint density at radius 3 is 2.35 bits per heavy atom. The summed E-state index contributed by atoms with van der Waals surface area (Å²) in [4.78, 5) is 0. The zero-order chi connectivity index (χ0) is 12.9. The monoisotopic (exact) mass is 238 g/mol. The molecule has 0 saturated carbocycles. The van der Waals surface area contributed by atoms with E-state index >= 15 is 0 Å². The molecule has 4 heteroatoms. The van der Waals surface area contributed by atoms with Crippen molar-refractivity contribution in [2.24, 2.45) is 0 Å². The van der Waals surface area contributed by atoms with Gasteiger partial charge in [0.1, 0.15) is 0 Å². The molecule has 1 aromatic heterocycles. The van der Waals surface area contributed by atoms with E-state index in [4.69, 9.17) is 0 Å². The molecule has 1 aromatic rings. The first-order chi connectivity index (χ1) is 7.90. The third-order valence-corrected chi connectivity index (χ3v) is 2.79. The van der Waals surface area contributed by atoms with E-state index in [1.165, 1.54) is 11.3 Å². The molecule has 0 radical (unpaired) electrons. The summed E-state index contributed by atoms with van der Waals surface area (Å²) in [7, 11) is 0. The van der Waals surface area contributed by atoms with Gasteiger partial charge in [-0.1, -0.05) is 0 Å². The average Bonchev–Trinajstić information content (AvgIpc) is 2.52. The topological polar surface area (TPSA) is 52.7 Å². The van der Waals surface area contributed by atoms with Gasteiger partial charge in [-0.2, -0.15) is 5.10 Å². The van der Waals surface area contributed by atoms with Crippen LogP contribution in [0.2, 0.25) is 0 Å². The second-order valence-electron chi connectivity index (χ2n) is 5.59. The SMILES string of the molecule is Cc1n[nH]c(C)c1CCNCCNC(C)(C)C. The van der Waals surface area contributed by atoms with Gasteiger partial charge in [0.05, 0.1) is 5.69 Å². The van der Waals surface area contributed by atoms with Crippen LogP contribution in [0, 0.1) is 13.8 Å². The smallest absolute Gasteiger partial charge is 0.0626 e. The first-order valence-corrected chi connectivity index (χ1v) is 6.36. The third kappa shape index (κ3) is 5.33. The van der Waals surface area contributed by atoms with Crippen LogP contribution in [-0.2, 0) is 6.42 Å². The minimum atomic E-state index is 0.208. The Hall–Kier alpha value is -0.870. The zero-order valence-corrected chi connectivity index (χ0v) is 11.8. The molecule has 17 heavy (non-hydrogen) atoms. The summed E-state index contributed by atoms with van der Waals surface area (Å²) in [5.74, 6) is 0. The van der Waals surface area contributed by atoms with Gasteiger partial charge in [-0.05, 0) is 53.1 Å². The van der Waals surface area contributed by atoms with Gasteiger partial charge >= 0.3 is 0 Å². The maximum absolute atomic E-state index is 4.20. The Bertz CT molecular complexity index is 316. The molecule has 0 aliphatic rings. The second-order valence-corrected chi connectivity index (χ2v) is 5.59. The summed E-state index contributed by atoms with van der Waals surface area (Å²) in [6.45, 7) is 13.7. The van der Waals surface area contributed by atoms with Crippen molar-refractivity contribution < 1.29 is 0 Å². The highest BCUT2D eigenvalue weighted by molar-refractivity contribution is 5.23. The number of aromatic amines is 1. The van der Waals surface area contributed by atoms with Crippen molar-refractivity contribution in [3.63, 3.8) is 0 Å². The maximum atomic E-state index is 4.20. The Labute approximate surface area is 105 Å². The lowest BCUT2D eigenvalue weighted by Crippen LogP contribution is -2.40. The minimum absolute atomic E-state index is 0.208. The van der Waals surface area contributed by atoms with Crippen molar-refractivity contribution in [1.29, 1.82) is 0 Å². The summed E-state index contributed by atoms with van der Waals surface area (Å²) < 4.78 is 0. The van der Waals surface area contributed by atoms with Crippen molar-refractivity contribution in [3.8, 4) is 0 Å². The van der Waals surface area contributed by atoms with Gasteiger partial charge in [0, 0.05) is 24.3 Å². The van der Waals surface area contributed by atoms with Crippen molar-refractivity contribution >= 4 is 0 Å². The van der Waals surface area contributed by atoms with Crippen molar-refractivity contribution in [2.75, 3.05) is 19.6 Å². The van der Waals surface area contributed by atoms with E-state index in [1.54, 1.807) is 0 Å². The predicted octanol–water partition coefficient (Wildman–Crippen LogP) is 1.55. The summed E-state index contributed by atoms with van der Waals surface area (Å²) in [6, 6.07) is 0. The lowest BCUT2D eigenvalue weighted by molar-refractivity contribution is 0.422. The standard InChI is InChI=1S/C13H26N4/c1-10-12(11(2)17-16-10)6-7-14-8-9-15-13(3,4)5/h14-15H,6-9H2,1-5H3,(H,16,17). The molecule has 0 aromatic carbocycles. The highest BCUT2D eigenvalue weighted by atomic mass is 15.1. The van der Waals surface area contributed by atoms with Crippen molar-refractivity contribution in [3.05, 3.63) is 17.0 Å². The number of H-pyrrole nitrogens is 1. The van der Waals surface area contributed by atoms with Crippen LogP contribution in [0.5, 0.6) is 0 Å². The van der Waals surface area contributed by atoms with E-state index in [1.807, 2.05) is 0 Å². The maximum Gasteiger partial charge on any atom is 0.0626 e. The number of nitrogens with zero attached hydrogens (tertiary/aromatic N) is 1. The number of hydrogen-bond donors (Lipinski definition) is 3.